The minimum atomic E-state index is -0.228. The van der Waals surface area contributed by atoms with Gasteiger partial charge in [-0.3, -0.25) is 4.79 Å². The monoisotopic (exact) mass is 313 g/mol. The lowest BCUT2D eigenvalue weighted by atomic mass is 10.1. The molecule has 0 amide bonds. The molecule has 1 saturated carbocycles. The first kappa shape index (κ1) is 15.2. The second-order valence-electron chi connectivity index (χ2n) is 5.63. The fourth-order valence-corrected chi connectivity index (χ4v) is 2.77. The average Bonchev–Trinajstić information content (AvgIpc) is 2.87. The van der Waals surface area contributed by atoms with E-state index in [0.717, 1.165) is 5.56 Å². The highest BCUT2D eigenvalue weighted by atomic mass is 35.5. The van der Waals surface area contributed by atoms with Gasteiger partial charge in [-0.1, -0.05) is 49.2 Å². The smallest absolute Gasteiger partial charge is 0.310 e. The third-order valence-corrected chi connectivity index (χ3v) is 4.05. The minimum absolute atomic E-state index is 0.0286. The van der Waals surface area contributed by atoms with Crippen molar-refractivity contribution in [2.75, 3.05) is 5.73 Å². The van der Waals surface area contributed by atoms with Gasteiger partial charge in [-0.05, 0) is 35.1 Å². The van der Waals surface area contributed by atoms with E-state index in [0.29, 0.717) is 5.69 Å². The number of nitrogens with two attached hydrogens (primary N) is 1. The highest BCUT2D eigenvalue weighted by molar-refractivity contribution is 6.55. The predicted octanol–water partition coefficient (Wildman–Crippen LogP) is 3.90. The number of hydrogen-bond acceptors (Lipinski definition) is 3. The molecule has 2 unspecified atom stereocenters. The number of esters is 1. The van der Waals surface area contributed by atoms with Crippen LogP contribution in [0.25, 0.3) is 0 Å². The average molecular weight is 314 g/mol. The summed E-state index contributed by atoms with van der Waals surface area (Å²) in [6.45, 7) is 4.22. The van der Waals surface area contributed by atoms with Crippen LogP contribution in [-0.4, -0.2) is 5.97 Å². The number of carbonyl (C=O) groups is 1. The molecule has 1 aliphatic rings. The fraction of sp³-hybridized carbons (Fsp3) is 0.400. The Kier molecular flexibility index (Phi) is 4.31. The molecule has 0 saturated heterocycles. The second-order valence-corrected chi connectivity index (χ2v) is 6.64. The van der Waals surface area contributed by atoms with E-state index in [1.54, 1.807) is 18.2 Å². The molecule has 2 atom stereocenters. The van der Waals surface area contributed by atoms with E-state index in [9.17, 15) is 4.79 Å². The number of hydrogen-bond donors (Lipinski definition) is 1. The summed E-state index contributed by atoms with van der Waals surface area (Å²) in [6, 6.07) is 7.28. The highest BCUT2D eigenvalue weighted by Gasteiger charge is 2.61. The number of benzene rings is 1. The summed E-state index contributed by atoms with van der Waals surface area (Å²) in [7, 11) is 0. The Labute approximate surface area is 128 Å². The number of rotatable bonds is 4. The number of nitrogen functional groups attached to an aromatic ring is 1. The molecule has 1 aromatic carbocycles. The molecule has 1 aliphatic carbocycles. The van der Waals surface area contributed by atoms with Crippen LogP contribution in [0.15, 0.2) is 34.8 Å². The first-order valence-electron chi connectivity index (χ1n) is 6.36. The van der Waals surface area contributed by atoms with Gasteiger partial charge in [-0.2, -0.15) is 0 Å². The van der Waals surface area contributed by atoms with Crippen LogP contribution in [0.3, 0.4) is 0 Å². The number of anilines is 1. The number of carbonyl (C=O) groups excluding carboxylic acids is 1. The molecule has 20 heavy (non-hydrogen) atoms. The van der Waals surface area contributed by atoms with Gasteiger partial charge in [-0.25, -0.2) is 0 Å². The van der Waals surface area contributed by atoms with Crippen LogP contribution in [0.4, 0.5) is 5.69 Å². The van der Waals surface area contributed by atoms with Gasteiger partial charge >= 0.3 is 5.97 Å². The van der Waals surface area contributed by atoms with Crippen molar-refractivity contribution >= 4 is 34.9 Å². The molecular formula is C15H17Cl2NO2. The maximum atomic E-state index is 12.1. The summed E-state index contributed by atoms with van der Waals surface area (Å²) in [5, 5.41) is 0. The van der Waals surface area contributed by atoms with Crippen molar-refractivity contribution in [3.63, 3.8) is 0 Å². The van der Waals surface area contributed by atoms with Crippen molar-refractivity contribution in [2.24, 2.45) is 17.3 Å². The Balaban J connectivity index is 1.95. The van der Waals surface area contributed by atoms with Crippen LogP contribution >= 0.6 is 23.2 Å². The molecule has 2 N–H and O–H groups in total. The van der Waals surface area contributed by atoms with Crippen molar-refractivity contribution in [3.8, 4) is 0 Å². The van der Waals surface area contributed by atoms with E-state index in [1.807, 2.05) is 26.0 Å². The molecule has 3 nitrogen and oxygen atoms in total. The van der Waals surface area contributed by atoms with Crippen LogP contribution in [0.5, 0.6) is 0 Å². The van der Waals surface area contributed by atoms with Crippen molar-refractivity contribution < 1.29 is 9.53 Å². The van der Waals surface area contributed by atoms with Gasteiger partial charge in [0, 0.05) is 5.69 Å². The first-order valence-corrected chi connectivity index (χ1v) is 7.12. The predicted molar refractivity (Wildman–Crippen MR) is 81.2 cm³/mol. The Morgan fingerprint density at radius 2 is 2.15 bits per heavy atom. The highest BCUT2D eigenvalue weighted by Crippen LogP contribution is 2.60. The summed E-state index contributed by atoms with van der Waals surface area (Å²) >= 11 is 11.3. The standard InChI is InChI=1S/C15H17Cl2NO2/c1-15(2)11(7-12(16)17)13(15)14(19)20-8-9-4-3-5-10(18)6-9/h3-7,11,13H,8,18H2,1-2H3. The van der Waals surface area contributed by atoms with Gasteiger partial charge in [0.05, 0.1) is 5.92 Å². The van der Waals surface area contributed by atoms with Crippen LogP contribution in [0.1, 0.15) is 19.4 Å². The summed E-state index contributed by atoms with van der Waals surface area (Å²) in [5.74, 6) is -0.398. The molecule has 5 heteroatoms. The summed E-state index contributed by atoms with van der Waals surface area (Å²) in [6.07, 6.45) is 1.70. The van der Waals surface area contributed by atoms with Crippen LogP contribution in [0, 0.1) is 17.3 Å². The van der Waals surface area contributed by atoms with Gasteiger partial charge in [0.1, 0.15) is 11.1 Å². The largest absolute Gasteiger partial charge is 0.461 e. The topological polar surface area (TPSA) is 52.3 Å². The molecular weight excluding hydrogens is 297 g/mol. The zero-order chi connectivity index (χ0) is 14.9. The summed E-state index contributed by atoms with van der Waals surface area (Å²) in [4.78, 5) is 12.1. The Morgan fingerprint density at radius 1 is 1.45 bits per heavy atom. The normalized spacial score (nSPS) is 23.0. The van der Waals surface area contributed by atoms with Gasteiger partial charge in [0.25, 0.3) is 0 Å². The van der Waals surface area contributed by atoms with Gasteiger partial charge in [0.15, 0.2) is 0 Å². The van der Waals surface area contributed by atoms with Gasteiger partial charge < -0.3 is 10.5 Å². The lowest BCUT2D eigenvalue weighted by Gasteiger charge is -2.06. The van der Waals surface area contributed by atoms with Gasteiger partial charge in [0.2, 0.25) is 0 Å². The van der Waals surface area contributed by atoms with Crippen LogP contribution in [-0.2, 0) is 16.1 Å². The second kappa shape index (κ2) is 5.66. The Morgan fingerprint density at radius 3 is 2.75 bits per heavy atom. The summed E-state index contributed by atoms with van der Waals surface area (Å²) in [5.41, 5.74) is 7.04. The van der Waals surface area contributed by atoms with E-state index in [4.69, 9.17) is 33.7 Å². The maximum absolute atomic E-state index is 12.1. The van der Waals surface area contributed by atoms with Gasteiger partial charge in [-0.15, -0.1) is 0 Å². The zero-order valence-electron chi connectivity index (χ0n) is 11.4. The number of halogens is 2. The molecule has 0 aliphatic heterocycles. The third-order valence-electron chi connectivity index (χ3n) is 3.80. The summed E-state index contributed by atoms with van der Waals surface area (Å²) < 4.78 is 5.53. The maximum Gasteiger partial charge on any atom is 0.310 e. The van der Waals surface area contributed by atoms with Crippen molar-refractivity contribution in [1.82, 2.24) is 0 Å². The number of ether oxygens (including phenoxy) is 1. The van der Waals surface area contributed by atoms with Crippen molar-refractivity contribution in [2.45, 2.75) is 20.5 Å². The zero-order valence-corrected chi connectivity index (χ0v) is 12.9. The van der Waals surface area contributed by atoms with E-state index in [-0.39, 0.29) is 34.3 Å². The van der Waals surface area contributed by atoms with E-state index in [2.05, 4.69) is 0 Å². The van der Waals surface area contributed by atoms with Crippen molar-refractivity contribution in [1.29, 1.82) is 0 Å². The molecule has 0 aromatic heterocycles. The third kappa shape index (κ3) is 3.28. The quantitative estimate of drug-likeness (QED) is 0.677. The molecule has 0 radical (unpaired) electrons. The van der Waals surface area contributed by atoms with E-state index in [1.165, 1.54) is 0 Å². The van der Waals surface area contributed by atoms with E-state index >= 15 is 0 Å². The Hall–Kier alpha value is -1.19. The van der Waals surface area contributed by atoms with E-state index < -0.39 is 0 Å². The molecule has 2 rings (SSSR count). The van der Waals surface area contributed by atoms with Crippen LogP contribution in [0.2, 0.25) is 0 Å². The molecule has 0 bridgehead atoms. The molecule has 108 valence electrons. The first-order chi connectivity index (χ1) is 9.32. The fourth-order valence-electron chi connectivity index (χ4n) is 2.50. The lowest BCUT2D eigenvalue weighted by molar-refractivity contribution is -0.147. The minimum Gasteiger partial charge on any atom is -0.461 e. The SMILES string of the molecule is CC1(C)C(C=C(Cl)Cl)C1C(=O)OCc1cccc(N)c1. The number of allylic oxidation sites excluding steroid dienone is 1. The molecule has 0 heterocycles. The molecule has 0 spiro atoms. The molecule has 1 aromatic rings. The lowest BCUT2D eigenvalue weighted by Crippen LogP contribution is -2.10. The van der Waals surface area contributed by atoms with Crippen LogP contribution < -0.4 is 5.73 Å². The van der Waals surface area contributed by atoms with Crippen molar-refractivity contribution in [3.05, 3.63) is 40.4 Å². The molecule has 1 fully saturated rings. The Bertz CT molecular complexity index is 551.